The van der Waals surface area contributed by atoms with Crippen molar-refractivity contribution < 1.29 is 5.11 Å². The van der Waals surface area contributed by atoms with Crippen LogP contribution in [0.25, 0.3) is 0 Å². The number of hydrogen-bond acceptors (Lipinski definition) is 3. The van der Waals surface area contributed by atoms with E-state index in [-0.39, 0.29) is 6.61 Å². The quantitative estimate of drug-likeness (QED) is 0.708. The van der Waals surface area contributed by atoms with E-state index >= 15 is 0 Å². The number of aliphatic hydroxyl groups is 1. The topological polar surface area (TPSA) is 50.9 Å². The van der Waals surface area contributed by atoms with Gasteiger partial charge in [-0.1, -0.05) is 12.1 Å². The van der Waals surface area contributed by atoms with Gasteiger partial charge < -0.3 is 5.11 Å². The maximum atomic E-state index is 8.78. The summed E-state index contributed by atoms with van der Waals surface area (Å²) in [5, 5.41) is 16.6. The maximum Gasteiger partial charge on any atom is 0.0827 e. The number of rotatable bonds is 4. The smallest absolute Gasteiger partial charge is 0.0827 e. The molecule has 0 aliphatic rings. The molecule has 68 valence electrons. The Bertz CT molecular complexity index is 234. The Morgan fingerprint density at radius 3 is 2.92 bits per heavy atom. The third-order valence-corrected chi connectivity index (χ3v) is 1.86. The number of hydrogen-bond donors (Lipinski definition) is 1. The molecule has 0 amide bonds. The summed E-state index contributed by atoms with van der Waals surface area (Å²) in [5.41, 5.74) is 0.998. The molecule has 0 spiro atoms. The van der Waals surface area contributed by atoms with Gasteiger partial charge in [0, 0.05) is 19.9 Å². The van der Waals surface area contributed by atoms with Gasteiger partial charge in [-0.15, -0.1) is 5.10 Å². The summed E-state index contributed by atoms with van der Waals surface area (Å²) in [7, 11) is 1.85. The van der Waals surface area contributed by atoms with Crippen LogP contribution >= 0.6 is 0 Å². The maximum absolute atomic E-state index is 8.78. The van der Waals surface area contributed by atoms with Crippen LogP contribution in [0, 0.1) is 5.92 Å². The molecule has 1 N–H and O–H groups in total. The highest BCUT2D eigenvalue weighted by molar-refractivity contribution is 4.91. The van der Waals surface area contributed by atoms with Crippen molar-refractivity contribution in [1.82, 2.24) is 15.0 Å². The predicted octanol–water partition coefficient (Wildman–Crippen LogP) is 0.376. The highest BCUT2D eigenvalue weighted by atomic mass is 16.3. The zero-order valence-corrected chi connectivity index (χ0v) is 7.56. The molecule has 1 unspecified atom stereocenters. The highest BCUT2D eigenvalue weighted by Gasteiger charge is 2.02. The number of aliphatic hydroxyl groups excluding tert-OH is 1. The van der Waals surface area contributed by atoms with E-state index in [1.54, 1.807) is 4.68 Å². The molecule has 0 fully saturated rings. The van der Waals surface area contributed by atoms with E-state index in [0.29, 0.717) is 5.92 Å². The molecule has 1 aromatic rings. The van der Waals surface area contributed by atoms with Gasteiger partial charge in [0.15, 0.2) is 0 Å². The fourth-order valence-electron chi connectivity index (χ4n) is 0.995. The first kappa shape index (κ1) is 9.19. The first-order chi connectivity index (χ1) is 5.72. The largest absolute Gasteiger partial charge is 0.396 e. The average Bonchev–Trinajstić information content (AvgIpc) is 2.47. The van der Waals surface area contributed by atoms with E-state index in [4.69, 9.17) is 5.11 Å². The Balaban J connectivity index is 2.33. The minimum Gasteiger partial charge on any atom is -0.396 e. The Hall–Kier alpha value is -0.900. The molecule has 0 aromatic carbocycles. The van der Waals surface area contributed by atoms with Gasteiger partial charge in [-0.05, 0) is 18.8 Å². The first-order valence-electron chi connectivity index (χ1n) is 4.18. The van der Waals surface area contributed by atoms with Crippen LogP contribution in [0.2, 0.25) is 0 Å². The van der Waals surface area contributed by atoms with Gasteiger partial charge in [0.2, 0.25) is 0 Å². The molecule has 0 saturated carbocycles. The fourth-order valence-corrected chi connectivity index (χ4v) is 0.995. The van der Waals surface area contributed by atoms with Crippen LogP contribution in [-0.4, -0.2) is 26.7 Å². The second kappa shape index (κ2) is 4.21. The van der Waals surface area contributed by atoms with Crippen LogP contribution < -0.4 is 0 Å². The molecule has 0 aliphatic carbocycles. The van der Waals surface area contributed by atoms with Crippen LogP contribution in [0.1, 0.15) is 19.0 Å². The van der Waals surface area contributed by atoms with Crippen molar-refractivity contribution in [2.45, 2.75) is 19.8 Å². The van der Waals surface area contributed by atoms with Gasteiger partial charge in [0.25, 0.3) is 0 Å². The Labute approximate surface area is 72.2 Å². The molecule has 0 bridgehead atoms. The first-order valence-corrected chi connectivity index (χ1v) is 4.18. The Kier molecular flexibility index (Phi) is 3.22. The molecular weight excluding hydrogens is 154 g/mol. The van der Waals surface area contributed by atoms with Crippen LogP contribution in [-0.2, 0) is 13.5 Å². The predicted molar refractivity (Wildman–Crippen MR) is 45.6 cm³/mol. The highest BCUT2D eigenvalue weighted by Crippen LogP contribution is 2.05. The van der Waals surface area contributed by atoms with Crippen molar-refractivity contribution in [3.63, 3.8) is 0 Å². The third-order valence-electron chi connectivity index (χ3n) is 1.86. The van der Waals surface area contributed by atoms with E-state index in [1.165, 1.54) is 0 Å². The lowest BCUT2D eigenvalue weighted by atomic mass is 10.1. The summed E-state index contributed by atoms with van der Waals surface area (Å²) in [5.74, 6) is 0.354. The van der Waals surface area contributed by atoms with E-state index in [0.717, 1.165) is 18.5 Å². The molecule has 0 radical (unpaired) electrons. The molecule has 0 aliphatic heterocycles. The summed E-state index contributed by atoms with van der Waals surface area (Å²) >= 11 is 0. The van der Waals surface area contributed by atoms with Crippen LogP contribution in [0.4, 0.5) is 0 Å². The third kappa shape index (κ3) is 2.62. The molecule has 1 atom stereocenters. The average molecular weight is 169 g/mol. The van der Waals surface area contributed by atoms with E-state index in [1.807, 2.05) is 20.2 Å². The summed E-state index contributed by atoms with van der Waals surface area (Å²) in [6.07, 6.45) is 3.77. The number of nitrogens with zero attached hydrogens (tertiary/aromatic N) is 3. The number of aryl methyl sites for hydroxylation is 2. The van der Waals surface area contributed by atoms with Gasteiger partial charge in [0.1, 0.15) is 0 Å². The molecule has 4 heteroatoms. The second-order valence-corrected chi connectivity index (χ2v) is 3.21. The van der Waals surface area contributed by atoms with E-state index in [9.17, 15) is 0 Å². The Morgan fingerprint density at radius 2 is 2.42 bits per heavy atom. The molecule has 4 nitrogen and oxygen atoms in total. The SMILES string of the molecule is CC(CO)CCc1cn(C)nn1. The standard InChI is InChI=1S/C8H15N3O/c1-7(6-12)3-4-8-5-11(2)10-9-8/h5,7,12H,3-4,6H2,1-2H3. The molecule has 1 rings (SSSR count). The zero-order chi connectivity index (χ0) is 8.97. The normalized spacial score (nSPS) is 13.2. The lowest BCUT2D eigenvalue weighted by Gasteiger charge is -2.03. The zero-order valence-electron chi connectivity index (χ0n) is 7.56. The van der Waals surface area contributed by atoms with E-state index in [2.05, 4.69) is 10.3 Å². The van der Waals surface area contributed by atoms with E-state index < -0.39 is 0 Å². The fraction of sp³-hybridized carbons (Fsp3) is 0.750. The summed E-state index contributed by atoms with van der Waals surface area (Å²) in [6, 6.07) is 0. The van der Waals surface area contributed by atoms with Crippen molar-refractivity contribution in [2.75, 3.05) is 6.61 Å². The molecular formula is C8H15N3O. The van der Waals surface area contributed by atoms with Crippen molar-refractivity contribution in [1.29, 1.82) is 0 Å². The van der Waals surface area contributed by atoms with Crippen molar-refractivity contribution in [3.05, 3.63) is 11.9 Å². The van der Waals surface area contributed by atoms with Gasteiger partial charge in [-0.25, -0.2) is 0 Å². The van der Waals surface area contributed by atoms with Crippen LogP contribution in [0.3, 0.4) is 0 Å². The monoisotopic (exact) mass is 169 g/mol. The van der Waals surface area contributed by atoms with Crippen molar-refractivity contribution >= 4 is 0 Å². The second-order valence-electron chi connectivity index (χ2n) is 3.21. The summed E-state index contributed by atoms with van der Waals surface area (Å²) in [4.78, 5) is 0. The minimum atomic E-state index is 0.250. The number of aromatic nitrogens is 3. The lowest BCUT2D eigenvalue weighted by molar-refractivity contribution is 0.230. The summed E-state index contributed by atoms with van der Waals surface area (Å²) < 4.78 is 1.69. The van der Waals surface area contributed by atoms with Gasteiger partial charge in [-0.2, -0.15) is 0 Å². The molecule has 0 saturated heterocycles. The summed E-state index contributed by atoms with van der Waals surface area (Å²) in [6.45, 7) is 2.27. The molecule has 12 heavy (non-hydrogen) atoms. The van der Waals surface area contributed by atoms with Gasteiger partial charge in [0.05, 0.1) is 5.69 Å². The van der Waals surface area contributed by atoms with Crippen LogP contribution in [0.5, 0.6) is 0 Å². The lowest BCUT2D eigenvalue weighted by Crippen LogP contribution is -2.02. The van der Waals surface area contributed by atoms with Crippen molar-refractivity contribution in [3.8, 4) is 0 Å². The van der Waals surface area contributed by atoms with Crippen molar-refractivity contribution in [2.24, 2.45) is 13.0 Å². The minimum absolute atomic E-state index is 0.250. The Morgan fingerprint density at radius 1 is 1.67 bits per heavy atom. The van der Waals surface area contributed by atoms with Gasteiger partial charge >= 0.3 is 0 Å². The molecule has 1 aromatic heterocycles. The van der Waals surface area contributed by atoms with Gasteiger partial charge in [-0.3, -0.25) is 4.68 Å². The molecule has 1 heterocycles. The van der Waals surface area contributed by atoms with Crippen LogP contribution in [0.15, 0.2) is 6.20 Å².